The predicted octanol–water partition coefficient (Wildman–Crippen LogP) is 2.22. The standard InChI is InChI=1S/C11H14N4O2S/c1-2-4-8(7-10(16)17)15-11(12-13-14-15)9-5-3-6-18-9/h3,5-6,8H,2,4,7H2,1H3,(H,16,17). The molecule has 96 valence electrons. The lowest BCUT2D eigenvalue weighted by atomic mass is 10.1. The average Bonchev–Trinajstić information content (AvgIpc) is 2.98. The van der Waals surface area contributed by atoms with Crippen LogP contribution in [0.25, 0.3) is 10.7 Å². The van der Waals surface area contributed by atoms with Crippen LogP contribution in [0.15, 0.2) is 17.5 Å². The number of tetrazole rings is 1. The lowest BCUT2D eigenvalue weighted by Crippen LogP contribution is -2.16. The number of carboxylic acid groups (broad SMARTS) is 1. The van der Waals surface area contributed by atoms with Crippen molar-refractivity contribution in [1.29, 1.82) is 0 Å². The lowest BCUT2D eigenvalue weighted by molar-refractivity contribution is -0.138. The zero-order valence-electron chi connectivity index (χ0n) is 9.98. The van der Waals surface area contributed by atoms with E-state index in [4.69, 9.17) is 5.11 Å². The fraction of sp³-hybridized carbons (Fsp3) is 0.455. The Morgan fingerprint density at radius 1 is 1.61 bits per heavy atom. The molecule has 0 radical (unpaired) electrons. The highest BCUT2D eigenvalue weighted by molar-refractivity contribution is 7.13. The van der Waals surface area contributed by atoms with Crippen molar-refractivity contribution in [3.8, 4) is 10.7 Å². The minimum absolute atomic E-state index is 0.0389. The fourth-order valence-electron chi connectivity index (χ4n) is 1.85. The summed E-state index contributed by atoms with van der Waals surface area (Å²) >= 11 is 1.54. The normalized spacial score (nSPS) is 12.5. The first-order valence-electron chi connectivity index (χ1n) is 5.76. The first kappa shape index (κ1) is 12.7. The summed E-state index contributed by atoms with van der Waals surface area (Å²) in [6, 6.07) is 3.65. The Morgan fingerprint density at radius 3 is 3.06 bits per heavy atom. The molecular weight excluding hydrogens is 252 g/mol. The monoisotopic (exact) mass is 266 g/mol. The highest BCUT2D eigenvalue weighted by atomic mass is 32.1. The van der Waals surface area contributed by atoms with Crippen molar-refractivity contribution in [2.24, 2.45) is 0 Å². The number of rotatable bonds is 6. The first-order valence-corrected chi connectivity index (χ1v) is 6.64. The largest absolute Gasteiger partial charge is 0.481 e. The number of thiophene rings is 1. The van der Waals surface area contributed by atoms with Gasteiger partial charge in [-0.1, -0.05) is 19.4 Å². The Morgan fingerprint density at radius 2 is 2.44 bits per heavy atom. The maximum Gasteiger partial charge on any atom is 0.305 e. The first-order chi connectivity index (χ1) is 8.72. The van der Waals surface area contributed by atoms with Gasteiger partial charge in [0.2, 0.25) is 0 Å². The van der Waals surface area contributed by atoms with Crippen molar-refractivity contribution >= 4 is 17.3 Å². The molecule has 1 unspecified atom stereocenters. The second kappa shape index (κ2) is 5.72. The zero-order chi connectivity index (χ0) is 13.0. The van der Waals surface area contributed by atoms with E-state index in [9.17, 15) is 4.79 Å². The van der Waals surface area contributed by atoms with E-state index in [-0.39, 0.29) is 12.5 Å². The van der Waals surface area contributed by atoms with Crippen molar-refractivity contribution in [1.82, 2.24) is 20.2 Å². The second-order valence-corrected chi connectivity index (χ2v) is 4.91. The Labute approximate surface area is 108 Å². The molecule has 2 heterocycles. The van der Waals surface area contributed by atoms with Crippen molar-refractivity contribution in [2.45, 2.75) is 32.2 Å². The molecule has 2 rings (SSSR count). The van der Waals surface area contributed by atoms with Crippen LogP contribution in [-0.2, 0) is 4.79 Å². The molecule has 0 fully saturated rings. The zero-order valence-corrected chi connectivity index (χ0v) is 10.8. The molecule has 0 bridgehead atoms. The van der Waals surface area contributed by atoms with Crippen LogP contribution < -0.4 is 0 Å². The number of carboxylic acids is 1. The summed E-state index contributed by atoms with van der Waals surface area (Å²) in [4.78, 5) is 11.8. The van der Waals surface area contributed by atoms with Crippen LogP contribution in [0.2, 0.25) is 0 Å². The summed E-state index contributed by atoms with van der Waals surface area (Å²) in [5, 5.41) is 22.5. The molecule has 0 amide bonds. The summed E-state index contributed by atoms with van der Waals surface area (Å²) in [5.41, 5.74) is 0. The van der Waals surface area contributed by atoms with Gasteiger partial charge in [0.15, 0.2) is 5.82 Å². The Hall–Kier alpha value is -1.76. The molecule has 0 saturated heterocycles. The van der Waals surface area contributed by atoms with E-state index in [1.165, 1.54) is 11.3 Å². The summed E-state index contributed by atoms with van der Waals surface area (Å²) in [6.07, 6.45) is 1.68. The van der Waals surface area contributed by atoms with Crippen LogP contribution in [0.5, 0.6) is 0 Å². The topological polar surface area (TPSA) is 80.9 Å². The molecule has 18 heavy (non-hydrogen) atoms. The minimum atomic E-state index is -0.832. The molecule has 0 aliphatic heterocycles. The van der Waals surface area contributed by atoms with Gasteiger partial charge < -0.3 is 5.11 Å². The quantitative estimate of drug-likeness (QED) is 0.867. The molecule has 0 saturated carbocycles. The predicted molar refractivity (Wildman–Crippen MR) is 67.3 cm³/mol. The lowest BCUT2D eigenvalue weighted by Gasteiger charge is -2.14. The van der Waals surface area contributed by atoms with Gasteiger partial charge in [-0.2, -0.15) is 0 Å². The van der Waals surface area contributed by atoms with E-state index in [0.717, 1.165) is 17.7 Å². The molecule has 0 aliphatic carbocycles. The number of aromatic nitrogens is 4. The molecular formula is C11H14N4O2S. The smallest absolute Gasteiger partial charge is 0.305 e. The molecule has 0 aromatic carbocycles. The van der Waals surface area contributed by atoms with E-state index < -0.39 is 5.97 Å². The Kier molecular flexibility index (Phi) is 4.03. The van der Waals surface area contributed by atoms with Gasteiger partial charge in [-0.3, -0.25) is 4.79 Å². The molecule has 0 spiro atoms. The average molecular weight is 266 g/mol. The van der Waals surface area contributed by atoms with E-state index >= 15 is 0 Å². The molecule has 2 aromatic heterocycles. The Balaban J connectivity index is 2.30. The van der Waals surface area contributed by atoms with Gasteiger partial charge in [-0.05, 0) is 28.3 Å². The number of nitrogens with zero attached hydrogens (tertiary/aromatic N) is 4. The van der Waals surface area contributed by atoms with Crippen LogP contribution >= 0.6 is 11.3 Å². The number of hydrogen-bond acceptors (Lipinski definition) is 5. The van der Waals surface area contributed by atoms with Crippen molar-refractivity contribution in [3.05, 3.63) is 17.5 Å². The van der Waals surface area contributed by atoms with Crippen LogP contribution in [0.4, 0.5) is 0 Å². The van der Waals surface area contributed by atoms with Gasteiger partial charge in [0.05, 0.1) is 17.3 Å². The second-order valence-electron chi connectivity index (χ2n) is 3.96. The van der Waals surface area contributed by atoms with Gasteiger partial charge in [0.1, 0.15) is 0 Å². The van der Waals surface area contributed by atoms with Crippen molar-refractivity contribution in [3.63, 3.8) is 0 Å². The molecule has 0 aliphatic rings. The molecule has 1 N–H and O–H groups in total. The highest BCUT2D eigenvalue weighted by Gasteiger charge is 2.20. The molecule has 7 heteroatoms. The van der Waals surface area contributed by atoms with Gasteiger partial charge in [-0.15, -0.1) is 16.4 Å². The summed E-state index contributed by atoms with van der Waals surface area (Å²) < 4.78 is 1.63. The third kappa shape index (κ3) is 2.73. The number of aliphatic carboxylic acids is 1. The van der Waals surface area contributed by atoms with Crippen molar-refractivity contribution < 1.29 is 9.90 Å². The molecule has 6 nitrogen and oxygen atoms in total. The van der Waals surface area contributed by atoms with Gasteiger partial charge >= 0.3 is 5.97 Å². The van der Waals surface area contributed by atoms with Gasteiger partial charge in [-0.25, -0.2) is 4.68 Å². The molecule has 2 aromatic rings. The van der Waals surface area contributed by atoms with Crippen LogP contribution in [0.3, 0.4) is 0 Å². The number of carbonyl (C=O) groups is 1. The minimum Gasteiger partial charge on any atom is -0.481 e. The van der Waals surface area contributed by atoms with Crippen LogP contribution in [-0.4, -0.2) is 31.3 Å². The summed E-state index contributed by atoms with van der Waals surface area (Å²) in [7, 11) is 0. The van der Waals surface area contributed by atoms with Crippen molar-refractivity contribution in [2.75, 3.05) is 0 Å². The summed E-state index contributed by atoms with van der Waals surface area (Å²) in [6.45, 7) is 2.02. The maximum atomic E-state index is 10.9. The maximum absolute atomic E-state index is 10.9. The third-order valence-electron chi connectivity index (χ3n) is 2.61. The molecule has 1 atom stereocenters. The summed E-state index contributed by atoms with van der Waals surface area (Å²) in [5.74, 6) is -0.189. The van der Waals surface area contributed by atoms with Crippen LogP contribution in [0, 0.1) is 0 Å². The van der Waals surface area contributed by atoms with E-state index in [1.807, 2.05) is 24.4 Å². The SMILES string of the molecule is CCCC(CC(=O)O)n1nnnc1-c1cccs1. The fourth-order valence-corrected chi connectivity index (χ4v) is 2.55. The van der Waals surface area contributed by atoms with E-state index in [0.29, 0.717) is 5.82 Å². The Bertz CT molecular complexity index is 509. The van der Waals surface area contributed by atoms with Crippen LogP contribution in [0.1, 0.15) is 32.2 Å². The van der Waals surface area contributed by atoms with Gasteiger partial charge in [0.25, 0.3) is 0 Å². The van der Waals surface area contributed by atoms with Gasteiger partial charge in [0, 0.05) is 0 Å². The highest BCUT2D eigenvalue weighted by Crippen LogP contribution is 2.26. The van der Waals surface area contributed by atoms with E-state index in [2.05, 4.69) is 15.5 Å². The number of hydrogen-bond donors (Lipinski definition) is 1. The van der Waals surface area contributed by atoms with E-state index in [1.54, 1.807) is 4.68 Å². The third-order valence-corrected chi connectivity index (χ3v) is 3.48.